The Hall–Kier alpha value is -0.0800. The van der Waals surface area contributed by atoms with Gasteiger partial charge in [-0.3, -0.25) is 0 Å². The summed E-state index contributed by atoms with van der Waals surface area (Å²) in [7, 11) is 0. The second-order valence-corrected chi connectivity index (χ2v) is 7.98. The number of likely N-dealkylation sites (tertiary alicyclic amines) is 1. The fourth-order valence-corrected chi connectivity index (χ4v) is 2.90. The lowest BCUT2D eigenvalue weighted by Gasteiger charge is -2.27. The molecule has 2 unspecified atom stereocenters. The van der Waals surface area contributed by atoms with E-state index < -0.39 is 0 Å². The first kappa shape index (κ1) is 17.0. The lowest BCUT2D eigenvalue weighted by Crippen LogP contribution is -2.35. The van der Waals surface area contributed by atoms with Crippen LogP contribution in [0.25, 0.3) is 0 Å². The average molecular weight is 268 g/mol. The standard InChI is InChI=1S/C17H36N2/c1-14(2)7-8-15(3)18-10-12-19-11-9-16(13-19)17(4,5)6/h14-16,18H,7-13H2,1-6H3. The van der Waals surface area contributed by atoms with Crippen LogP contribution in [0, 0.1) is 17.3 Å². The summed E-state index contributed by atoms with van der Waals surface area (Å²) < 4.78 is 0. The SMILES string of the molecule is CC(C)CCC(C)NCCN1CCC(C(C)(C)C)C1. The van der Waals surface area contributed by atoms with E-state index in [2.05, 4.69) is 51.8 Å². The number of hydrogen-bond acceptors (Lipinski definition) is 2. The molecule has 0 aromatic carbocycles. The highest BCUT2D eigenvalue weighted by Gasteiger charge is 2.31. The highest BCUT2D eigenvalue weighted by atomic mass is 15.2. The van der Waals surface area contributed by atoms with E-state index in [4.69, 9.17) is 0 Å². The Balaban J connectivity index is 2.11. The van der Waals surface area contributed by atoms with Gasteiger partial charge in [0.15, 0.2) is 0 Å². The average Bonchev–Trinajstić information content (AvgIpc) is 2.74. The Labute approximate surface area is 121 Å². The van der Waals surface area contributed by atoms with E-state index >= 15 is 0 Å². The lowest BCUT2D eigenvalue weighted by molar-refractivity contribution is 0.228. The van der Waals surface area contributed by atoms with Crippen molar-refractivity contribution in [3.05, 3.63) is 0 Å². The van der Waals surface area contributed by atoms with Gasteiger partial charge in [-0.25, -0.2) is 0 Å². The maximum Gasteiger partial charge on any atom is 0.0107 e. The number of nitrogens with one attached hydrogen (secondary N) is 1. The van der Waals surface area contributed by atoms with Crippen molar-refractivity contribution in [3.8, 4) is 0 Å². The fourth-order valence-electron chi connectivity index (χ4n) is 2.90. The minimum Gasteiger partial charge on any atom is -0.313 e. The molecule has 0 amide bonds. The van der Waals surface area contributed by atoms with E-state index in [9.17, 15) is 0 Å². The van der Waals surface area contributed by atoms with Crippen molar-refractivity contribution in [2.75, 3.05) is 26.2 Å². The molecule has 1 fully saturated rings. The third kappa shape index (κ3) is 6.76. The monoisotopic (exact) mass is 268 g/mol. The molecule has 0 saturated carbocycles. The minimum absolute atomic E-state index is 0.479. The molecule has 1 aliphatic rings. The number of rotatable bonds is 7. The predicted molar refractivity (Wildman–Crippen MR) is 85.5 cm³/mol. The maximum atomic E-state index is 3.68. The van der Waals surface area contributed by atoms with Gasteiger partial charge < -0.3 is 10.2 Å². The topological polar surface area (TPSA) is 15.3 Å². The van der Waals surface area contributed by atoms with E-state index in [0.29, 0.717) is 11.5 Å². The Bertz CT molecular complexity index is 242. The largest absolute Gasteiger partial charge is 0.313 e. The van der Waals surface area contributed by atoms with Crippen LogP contribution >= 0.6 is 0 Å². The van der Waals surface area contributed by atoms with Crippen LogP contribution < -0.4 is 5.32 Å². The number of hydrogen-bond donors (Lipinski definition) is 1. The molecule has 0 bridgehead atoms. The van der Waals surface area contributed by atoms with Crippen molar-refractivity contribution in [1.82, 2.24) is 10.2 Å². The van der Waals surface area contributed by atoms with Gasteiger partial charge in [0.1, 0.15) is 0 Å². The predicted octanol–water partition coefficient (Wildman–Crippen LogP) is 3.77. The molecule has 2 atom stereocenters. The van der Waals surface area contributed by atoms with Gasteiger partial charge in [0.05, 0.1) is 0 Å². The molecular weight excluding hydrogens is 232 g/mol. The van der Waals surface area contributed by atoms with Crippen LogP contribution in [-0.2, 0) is 0 Å². The van der Waals surface area contributed by atoms with Crippen molar-refractivity contribution in [2.24, 2.45) is 17.3 Å². The molecule has 1 saturated heterocycles. The summed E-state index contributed by atoms with van der Waals surface area (Å²) in [4.78, 5) is 2.64. The first-order valence-corrected chi connectivity index (χ1v) is 8.24. The zero-order valence-electron chi connectivity index (χ0n) is 14.1. The molecule has 0 radical (unpaired) electrons. The van der Waals surface area contributed by atoms with E-state index in [1.807, 2.05) is 0 Å². The second kappa shape index (κ2) is 7.64. The molecule has 2 heteroatoms. The highest BCUT2D eigenvalue weighted by molar-refractivity contribution is 4.84. The van der Waals surface area contributed by atoms with Gasteiger partial charge in [-0.2, -0.15) is 0 Å². The molecule has 0 aromatic rings. The third-order valence-corrected chi connectivity index (χ3v) is 4.59. The fraction of sp³-hybridized carbons (Fsp3) is 1.00. The maximum absolute atomic E-state index is 3.68. The first-order chi connectivity index (χ1) is 8.79. The molecule has 19 heavy (non-hydrogen) atoms. The van der Waals surface area contributed by atoms with Gasteiger partial charge in [0.2, 0.25) is 0 Å². The molecule has 114 valence electrons. The number of nitrogens with zero attached hydrogens (tertiary/aromatic N) is 1. The Morgan fingerprint density at radius 2 is 1.84 bits per heavy atom. The molecule has 1 heterocycles. The Kier molecular flexibility index (Phi) is 6.82. The highest BCUT2D eigenvalue weighted by Crippen LogP contribution is 2.33. The van der Waals surface area contributed by atoms with Gasteiger partial charge in [-0.05, 0) is 50.0 Å². The molecule has 0 spiro atoms. The van der Waals surface area contributed by atoms with Crippen LogP contribution in [0.2, 0.25) is 0 Å². The van der Waals surface area contributed by atoms with E-state index in [-0.39, 0.29) is 0 Å². The summed E-state index contributed by atoms with van der Waals surface area (Å²) in [5.41, 5.74) is 0.479. The molecule has 1 rings (SSSR count). The zero-order valence-corrected chi connectivity index (χ0v) is 14.1. The molecule has 1 aliphatic heterocycles. The summed E-state index contributed by atoms with van der Waals surface area (Å²) in [6, 6.07) is 0.670. The van der Waals surface area contributed by atoms with Crippen molar-refractivity contribution < 1.29 is 0 Å². The van der Waals surface area contributed by atoms with Gasteiger partial charge in [-0.15, -0.1) is 0 Å². The summed E-state index contributed by atoms with van der Waals surface area (Å²) in [5.74, 6) is 1.71. The van der Waals surface area contributed by atoms with Crippen molar-refractivity contribution in [2.45, 2.75) is 66.8 Å². The first-order valence-electron chi connectivity index (χ1n) is 8.24. The smallest absolute Gasteiger partial charge is 0.0107 e. The van der Waals surface area contributed by atoms with Gasteiger partial charge in [0.25, 0.3) is 0 Å². The zero-order chi connectivity index (χ0) is 14.5. The summed E-state index contributed by atoms with van der Waals surface area (Å²) in [6.07, 6.45) is 4.03. The van der Waals surface area contributed by atoms with Crippen molar-refractivity contribution in [1.29, 1.82) is 0 Å². The normalized spacial score (nSPS) is 23.2. The summed E-state index contributed by atoms with van der Waals surface area (Å²) in [6.45, 7) is 19.1. The van der Waals surface area contributed by atoms with Crippen LogP contribution in [0.3, 0.4) is 0 Å². The van der Waals surface area contributed by atoms with Crippen molar-refractivity contribution >= 4 is 0 Å². The van der Waals surface area contributed by atoms with Crippen molar-refractivity contribution in [3.63, 3.8) is 0 Å². The van der Waals surface area contributed by atoms with E-state index in [1.54, 1.807) is 0 Å². The lowest BCUT2D eigenvalue weighted by atomic mass is 9.80. The molecular formula is C17H36N2. The van der Waals surface area contributed by atoms with Crippen LogP contribution in [0.15, 0.2) is 0 Å². The van der Waals surface area contributed by atoms with Crippen LogP contribution in [0.5, 0.6) is 0 Å². The Morgan fingerprint density at radius 3 is 2.37 bits per heavy atom. The summed E-state index contributed by atoms with van der Waals surface area (Å²) >= 11 is 0. The minimum atomic E-state index is 0.479. The van der Waals surface area contributed by atoms with E-state index in [1.165, 1.54) is 38.9 Å². The van der Waals surface area contributed by atoms with E-state index in [0.717, 1.165) is 18.4 Å². The van der Waals surface area contributed by atoms with Gasteiger partial charge in [-0.1, -0.05) is 34.6 Å². The van der Waals surface area contributed by atoms with Gasteiger partial charge >= 0.3 is 0 Å². The van der Waals surface area contributed by atoms with Gasteiger partial charge in [0, 0.05) is 25.7 Å². The molecule has 0 aromatic heterocycles. The molecule has 2 nitrogen and oxygen atoms in total. The van der Waals surface area contributed by atoms with Crippen LogP contribution in [0.1, 0.15) is 60.8 Å². The molecule has 0 aliphatic carbocycles. The second-order valence-electron chi connectivity index (χ2n) is 7.98. The summed E-state index contributed by atoms with van der Waals surface area (Å²) in [5, 5.41) is 3.68. The van der Waals surface area contributed by atoms with Crippen LogP contribution in [0.4, 0.5) is 0 Å². The quantitative estimate of drug-likeness (QED) is 0.756. The third-order valence-electron chi connectivity index (χ3n) is 4.59. The molecule has 1 N–H and O–H groups in total. The Morgan fingerprint density at radius 1 is 1.16 bits per heavy atom. The van der Waals surface area contributed by atoms with Crippen LogP contribution in [-0.4, -0.2) is 37.1 Å².